The molecule has 0 saturated carbocycles. The van der Waals surface area contributed by atoms with E-state index in [2.05, 4.69) is 5.32 Å². The van der Waals surface area contributed by atoms with Crippen molar-refractivity contribution in [3.63, 3.8) is 0 Å². The molecule has 0 bridgehead atoms. The topological polar surface area (TPSA) is 84.9 Å². The second-order valence-corrected chi connectivity index (χ2v) is 10.2. The fraction of sp³-hybridized carbons (Fsp3) is 0.208. The second kappa shape index (κ2) is 11.0. The molecule has 0 aliphatic heterocycles. The Labute approximate surface area is 209 Å². The van der Waals surface area contributed by atoms with Crippen LogP contribution in [0.2, 0.25) is 10.0 Å². The Hall–Kier alpha value is -2.94. The van der Waals surface area contributed by atoms with Gasteiger partial charge in [-0.3, -0.25) is 9.10 Å². The van der Waals surface area contributed by atoms with Crippen LogP contribution in [0.3, 0.4) is 0 Å². The van der Waals surface area contributed by atoms with E-state index in [1.807, 2.05) is 6.92 Å². The van der Waals surface area contributed by atoms with Crippen LogP contribution in [0.15, 0.2) is 65.6 Å². The summed E-state index contributed by atoms with van der Waals surface area (Å²) in [4.78, 5) is 12.9. The van der Waals surface area contributed by atoms with Crippen LogP contribution in [0.25, 0.3) is 0 Å². The molecule has 0 heterocycles. The van der Waals surface area contributed by atoms with Gasteiger partial charge in [-0.1, -0.05) is 47.0 Å². The molecule has 1 N–H and O–H groups in total. The Bertz CT molecular complexity index is 1260. The first-order chi connectivity index (χ1) is 16.1. The van der Waals surface area contributed by atoms with Crippen LogP contribution in [-0.2, 0) is 21.4 Å². The number of nitrogens with zero attached hydrogens (tertiary/aromatic N) is 1. The summed E-state index contributed by atoms with van der Waals surface area (Å²) >= 11 is 12.2. The lowest BCUT2D eigenvalue weighted by atomic mass is 10.2. The fourth-order valence-corrected chi connectivity index (χ4v) is 5.13. The number of carbonyl (C=O) groups is 1. The van der Waals surface area contributed by atoms with E-state index < -0.39 is 22.5 Å². The maximum Gasteiger partial charge on any atom is 0.264 e. The first-order valence-corrected chi connectivity index (χ1v) is 12.4. The van der Waals surface area contributed by atoms with E-state index in [4.69, 9.17) is 32.7 Å². The number of rotatable bonds is 9. The minimum Gasteiger partial charge on any atom is -0.493 e. The number of hydrogen-bond acceptors (Lipinski definition) is 5. The van der Waals surface area contributed by atoms with Crippen LogP contribution in [0.5, 0.6) is 11.5 Å². The van der Waals surface area contributed by atoms with Crippen molar-refractivity contribution in [3.8, 4) is 11.5 Å². The third kappa shape index (κ3) is 6.14. The maximum atomic E-state index is 13.5. The van der Waals surface area contributed by atoms with E-state index in [0.29, 0.717) is 11.5 Å². The Balaban J connectivity index is 1.87. The normalized spacial score (nSPS) is 11.1. The molecule has 3 rings (SSSR count). The van der Waals surface area contributed by atoms with Crippen LogP contribution in [0.4, 0.5) is 5.69 Å². The van der Waals surface area contributed by atoms with E-state index in [-0.39, 0.29) is 27.2 Å². The minimum absolute atomic E-state index is 0.0434. The second-order valence-electron chi connectivity index (χ2n) is 7.42. The number of halogens is 2. The van der Waals surface area contributed by atoms with Gasteiger partial charge in [0.05, 0.1) is 24.8 Å². The van der Waals surface area contributed by atoms with Gasteiger partial charge in [-0.25, -0.2) is 8.42 Å². The molecule has 3 aromatic carbocycles. The lowest BCUT2D eigenvalue weighted by Gasteiger charge is -2.24. The van der Waals surface area contributed by atoms with Crippen molar-refractivity contribution in [2.24, 2.45) is 0 Å². The van der Waals surface area contributed by atoms with Gasteiger partial charge in [0.25, 0.3) is 10.0 Å². The summed E-state index contributed by atoms with van der Waals surface area (Å²) in [6.45, 7) is 1.54. The Morgan fingerprint density at radius 3 is 2.12 bits per heavy atom. The van der Waals surface area contributed by atoms with E-state index in [1.54, 1.807) is 30.3 Å². The van der Waals surface area contributed by atoms with Gasteiger partial charge in [0.2, 0.25) is 5.91 Å². The van der Waals surface area contributed by atoms with Crippen LogP contribution < -0.4 is 19.1 Å². The molecule has 0 unspecified atom stereocenters. The van der Waals surface area contributed by atoms with E-state index in [0.717, 1.165) is 15.4 Å². The van der Waals surface area contributed by atoms with E-state index >= 15 is 0 Å². The third-order valence-electron chi connectivity index (χ3n) is 4.97. The van der Waals surface area contributed by atoms with Crippen molar-refractivity contribution in [1.29, 1.82) is 0 Å². The quantitative estimate of drug-likeness (QED) is 0.434. The summed E-state index contributed by atoms with van der Waals surface area (Å²) < 4.78 is 38.4. The Kier molecular flexibility index (Phi) is 8.30. The maximum absolute atomic E-state index is 13.5. The highest BCUT2D eigenvalue weighted by Gasteiger charge is 2.27. The average molecular weight is 523 g/mol. The number of benzene rings is 3. The number of amides is 1. The number of anilines is 1. The van der Waals surface area contributed by atoms with Crippen molar-refractivity contribution in [1.82, 2.24) is 5.32 Å². The molecule has 34 heavy (non-hydrogen) atoms. The predicted molar refractivity (Wildman–Crippen MR) is 134 cm³/mol. The molecule has 7 nitrogen and oxygen atoms in total. The Morgan fingerprint density at radius 2 is 1.53 bits per heavy atom. The zero-order valence-corrected chi connectivity index (χ0v) is 21.2. The summed E-state index contributed by atoms with van der Waals surface area (Å²) in [6, 6.07) is 16.0. The van der Waals surface area contributed by atoms with Gasteiger partial charge < -0.3 is 14.8 Å². The molecule has 3 aromatic rings. The van der Waals surface area contributed by atoms with E-state index in [1.165, 1.54) is 44.6 Å². The van der Waals surface area contributed by atoms with Gasteiger partial charge in [-0.2, -0.15) is 0 Å². The number of ether oxygens (including phenoxy) is 2. The molecule has 10 heteroatoms. The number of hydrogen-bond donors (Lipinski definition) is 1. The lowest BCUT2D eigenvalue weighted by Crippen LogP contribution is -2.40. The molecule has 0 radical (unpaired) electrons. The molecule has 0 aliphatic rings. The third-order valence-corrected chi connectivity index (χ3v) is 7.19. The number of methoxy groups -OCH3 is 2. The molecule has 0 aliphatic carbocycles. The summed E-state index contributed by atoms with van der Waals surface area (Å²) in [5.74, 6) is 0.568. The number of nitrogens with one attached hydrogen (secondary N) is 1. The standard InChI is InChI=1S/C24H24Cl2N2O5S/c1-16-4-7-21(8-5-16)34(30,31)28(20-12-18(25)11-19(26)13-20)15-24(29)27-14-17-6-9-22(32-2)23(10-17)33-3/h4-13H,14-15H2,1-3H3,(H,27,29). The molecule has 0 atom stereocenters. The molecular formula is C24H24Cl2N2O5S. The number of carbonyl (C=O) groups excluding carboxylic acids is 1. The van der Waals surface area contributed by atoms with Crippen molar-refractivity contribution < 1.29 is 22.7 Å². The predicted octanol–water partition coefficient (Wildman–Crippen LogP) is 4.83. The Morgan fingerprint density at radius 1 is 0.912 bits per heavy atom. The van der Waals surface area contributed by atoms with Gasteiger partial charge in [0.15, 0.2) is 11.5 Å². The lowest BCUT2D eigenvalue weighted by molar-refractivity contribution is -0.119. The highest BCUT2D eigenvalue weighted by atomic mass is 35.5. The smallest absolute Gasteiger partial charge is 0.264 e. The zero-order valence-electron chi connectivity index (χ0n) is 18.8. The van der Waals surface area contributed by atoms with Gasteiger partial charge in [-0.05, 0) is 55.0 Å². The first-order valence-electron chi connectivity index (χ1n) is 10.2. The van der Waals surface area contributed by atoms with Gasteiger partial charge in [-0.15, -0.1) is 0 Å². The molecule has 0 saturated heterocycles. The minimum atomic E-state index is -4.08. The molecule has 0 aromatic heterocycles. The largest absolute Gasteiger partial charge is 0.493 e. The molecule has 180 valence electrons. The summed E-state index contributed by atoms with van der Waals surface area (Å²) in [5.41, 5.74) is 1.84. The van der Waals surface area contributed by atoms with Crippen LogP contribution in [0.1, 0.15) is 11.1 Å². The van der Waals surface area contributed by atoms with Gasteiger partial charge >= 0.3 is 0 Å². The SMILES string of the molecule is COc1ccc(CNC(=O)CN(c2cc(Cl)cc(Cl)c2)S(=O)(=O)c2ccc(C)cc2)cc1OC. The van der Waals surface area contributed by atoms with Gasteiger partial charge in [0, 0.05) is 16.6 Å². The summed E-state index contributed by atoms with van der Waals surface area (Å²) in [7, 11) is -1.03. The number of sulfonamides is 1. The van der Waals surface area contributed by atoms with Crippen molar-refractivity contribution in [3.05, 3.63) is 81.8 Å². The summed E-state index contributed by atoms with van der Waals surface area (Å²) in [6.07, 6.45) is 0. The number of aryl methyl sites for hydroxylation is 1. The molecular weight excluding hydrogens is 499 g/mol. The van der Waals surface area contributed by atoms with Crippen LogP contribution in [0, 0.1) is 6.92 Å². The van der Waals surface area contributed by atoms with Crippen LogP contribution in [-0.4, -0.2) is 35.1 Å². The molecule has 1 amide bonds. The summed E-state index contributed by atoms with van der Waals surface area (Å²) in [5, 5.41) is 3.24. The fourth-order valence-electron chi connectivity index (χ4n) is 3.21. The van der Waals surface area contributed by atoms with Gasteiger partial charge in [0.1, 0.15) is 6.54 Å². The van der Waals surface area contributed by atoms with Crippen LogP contribution >= 0.6 is 23.2 Å². The average Bonchev–Trinajstić information content (AvgIpc) is 2.80. The molecule has 0 spiro atoms. The van der Waals surface area contributed by atoms with Crippen molar-refractivity contribution >= 4 is 44.8 Å². The highest BCUT2D eigenvalue weighted by molar-refractivity contribution is 7.92. The van der Waals surface area contributed by atoms with E-state index in [9.17, 15) is 13.2 Å². The van der Waals surface area contributed by atoms with Crippen molar-refractivity contribution in [2.75, 3.05) is 25.1 Å². The monoisotopic (exact) mass is 522 g/mol. The molecule has 0 fully saturated rings. The van der Waals surface area contributed by atoms with Crippen molar-refractivity contribution in [2.45, 2.75) is 18.4 Å². The first kappa shape index (κ1) is 25.7. The zero-order chi connectivity index (χ0) is 24.9. The highest BCUT2D eigenvalue weighted by Crippen LogP contribution is 2.30.